The Labute approximate surface area is 169 Å². The maximum atomic E-state index is 12.5. The number of rotatable bonds is 8. The van der Waals surface area contributed by atoms with E-state index in [0.717, 1.165) is 4.88 Å². The number of benzene rings is 1. The van der Waals surface area contributed by atoms with Gasteiger partial charge in [0.15, 0.2) is 11.5 Å². The van der Waals surface area contributed by atoms with Crippen LogP contribution in [0.5, 0.6) is 11.5 Å². The fraction of sp³-hybridized carbons (Fsp3) is 0.333. The van der Waals surface area contributed by atoms with Crippen molar-refractivity contribution < 1.29 is 27.9 Å². The van der Waals surface area contributed by atoms with Crippen LogP contribution in [0.15, 0.2) is 35.5 Å². The Morgan fingerprint density at radius 1 is 1.39 bits per heavy atom. The molecule has 2 aromatic rings. The molecule has 6 nitrogen and oxygen atoms in total. The number of amides is 1. The number of ether oxygens (including phenoxy) is 2. The van der Waals surface area contributed by atoms with Gasteiger partial charge in [0.1, 0.15) is 5.71 Å². The lowest BCUT2D eigenvalue weighted by atomic mass is 10.1. The van der Waals surface area contributed by atoms with E-state index in [1.165, 1.54) is 24.5 Å². The van der Waals surface area contributed by atoms with Crippen molar-refractivity contribution in [1.29, 1.82) is 0 Å². The minimum atomic E-state index is -2.95. The number of halogens is 3. The largest absolute Gasteiger partial charge is 0.493 e. The number of oxime groups is 1. The minimum Gasteiger partial charge on any atom is -0.493 e. The monoisotopic (exact) mass is 430 g/mol. The van der Waals surface area contributed by atoms with Gasteiger partial charge in [-0.2, -0.15) is 8.78 Å². The summed E-state index contributed by atoms with van der Waals surface area (Å²) in [5, 5.41) is 6.71. The summed E-state index contributed by atoms with van der Waals surface area (Å²) in [7, 11) is 1.37. The standard InChI is InChI=1S/C18H17ClF2N2O4S/c1-25-12-3-2-10(8-13(12)26-18(20)21)6-7-22-17(24)14-9-11(23-27-14)15-4-5-16(19)28-15/h2-5,8,14,18H,6-7,9H2,1H3,(H,22,24). The fourth-order valence-electron chi connectivity index (χ4n) is 2.64. The molecule has 1 amide bonds. The zero-order chi connectivity index (χ0) is 20.1. The van der Waals surface area contributed by atoms with Crippen molar-refractivity contribution in [1.82, 2.24) is 5.32 Å². The minimum absolute atomic E-state index is 0.0481. The van der Waals surface area contributed by atoms with Crippen LogP contribution in [-0.2, 0) is 16.1 Å². The number of hydrogen-bond acceptors (Lipinski definition) is 6. The molecule has 1 unspecified atom stereocenters. The summed E-state index contributed by atoms with van der Waals surface area (Å²) in [4.78, 5) is 18.3. The van der Waals surface area contributed by atoms with Gasteiger partial charge in [0, 0.05) is 13.0 Å². The smallest absolute Gasteiger partial charge is 0.387 e. The summed E-state index contributed by atoms with van der Waals surface area (Å²) in [5.74, 6) is -0.127. The SMILES string of the molecule is COc1ccc(CCNC(=O)C2CC(c3ccc(Cl)s3)=NO2)cc1OC(F)F. The van der Waals surface area contributed by atoms with Gasteiger partial charge in [0.2, 0.25) is 6.10 Å². The normalized spacial score (nSPS) is 15.9. The predicted molar refractivity (Wildman–Crippen MR) is 102 cm³/mol. The van der Waals surface area contributed by atoms with Crippen LogP contribution in [0.25, 0.3) is 0 Å². The summed E-state index contributed by atoms with van der Waals surface area (Å²) in [6.07, 6.45) is 0.0814. The van der Waals surface area contributed by atoms with Gasteiger partial charge in [-0.3, -0.25) is 4.79 Å². The van der Waals surface area contributed by atoms with E-state index in [4.69, 9.17) is 21.2 Å². The van der Waals surface area contributed by atoms with E-state index in [1.54, 1.807) is 18.2 Å². The summed E-state index contributed by atoms with van der Waals surface area (Å²) in [5.41, 5.74) is 1.40. The first kappa shape index (κ1) is 20.3. The van der Waals surface area contributed by atoms with Gasteiger partial charge in [-0.25, -0.2) is 0 Å². The maximum absolute atomic E-state index is 12.5. The summed E-state index contributed by atoms with van der Waals surface area (Å²) in [6, 6.07) is 8.32. The van der Waals surface area contributed by atoms with Crippen LogP contribution in [0.1, 0.15) is 16.9 Å². The van der Waals surface area contributed by atoms with E-state index >= 15 is 0 Å². The second kappa shape index (κ2) is 9.20. The third-order valence-corrected chi connectivity index (χ3v) is 5.26. The number of thiophene rings is 1. The molecule has 1 atom stereocenters. The zero-order valence-corrected chi connectivity index (χ0v) is 16.4. The Bertz CT molecular complexity index is 875. The highest BCUT2D eigenvalue weighted by Crippen LogP contribution is 2.30. The van der Waals surface area contributed by atoms with Crippen LogP contribution >= 0.6 is 22.9 Å². The van der Waals surface area contributed by atoms with E-state index in [9.17, 15) is 13.6 Å². The Hall–Kier alpha value is -2.39. The lowest BCUT2D eigenvalue weighted by Gasteiger charge is -2.12. The number of methoxy groups -OCH3 is 1. The second-order valence-corrected chi connectivity index (χ2v) is 7.56. The average Bonchev–Trinajstić information content (AvgIpc) is 3.30. The summed E-state index contributed by atoms with van der Waals surface area (Å²) in [6.45, 7) is -2.64. The maximum Gasteiger partial charge on any atom is 0.387 e. The fourth-order valence-corrected chi connectivity index (χ4v) is 3.67. The number of nitrogens with zero attached hydrogens (tertiary/aromatic N) is 1. The second-order valence-electron chi connectivity index (χ2n) is 5.84. The summed E-state index contributed by atoms with van der Waals surface area (Å²) >= 11 is 7.28. The van der Waals surface area contributed by atoms with Crippen molar-refractivity contribution >= 4 is 34.6 Å². The molecule has 0 fully saturated rings. The van der Waals surface area contributed by atoms with Crippen molar-refractivity contribution in [3.8, 4) is 11.5 Å². The molecule has 28 heavy (non-hydrogen) atoms. The first-order chi connectivity index (χ1) is 13.5. The Morgan fingerprint density at radius 2 is 2.21 bits per heavy atom. The van der Waals surface area contributed by atoms with Crippen molar-refractivity contribution in [3.63, 3.8) is 0 Å². The molecule has 1 aromatic carbocycles. The molecule has 2 heterocycles. The van der Waals surface area contributed by atoms with Crippen molar-refractivity contribution in [2.24, 2.45) is 5.16 Å². The van der Waals surface area contributed by atoms with E-state index in [1.807, 2.05) is 6.07 Å². The first-order valence-electron chi connectivity index (χ1n) is 8.34. The highest BCUT2D eigenvalue weighted by Gasteiger charge is 2.29. The van der Waals surface area contributed by atoms with Crippen LogP contribution in [0, 0.1) is 0 Å². The molecular weight excluding hydrogens is 414 g/mol. The molecular formula is C18H17ClF2N2O4S. The van der Waals surface area contributed by atoms with Gasteiger partial charge in [-0.15, -0.1) is 11.3 Å². The van der Waals surface area contributed by atoms with Crippen LogP contribution in [0.2, 0.25) is 4.34 Å². The topological polar surface area (TPSA) is 69.2 Å². The highest BCUT2D eigenvalue weighted by molar-refractivity contribution is 7.18. The molecule has 150 valence electrons. The van der Waals surface area contributed by atoms with Gasteiger partial charge in [-0.05, 0) is 36.2 Å². The molecule has 1 N–H and O–H groups in total. The molecule has 3 rings (SSSR count). The third-order valence-electron chi connectivity index (χ3n) is 3.98. The van der Waals surface area contributed by atoms with E-state index < -0.39 is 12.7 Å². The molecule has 0 saturated heterocycles. The molecule has 1 aromatic heterocycles. The molecule has 0 radical (unpaired) electrons. The molecule has 10 heteroatoms. The number of carbonyl (C=O) groups excluding carboxylic acids is 1. The van der Waals surface area contributed by atoms with Gasteiger partial charge in [0.25, 0.3) is 5.91 Å². The van der Waals surface area contributed by atoms with Gasteiger partial charge in [-0.1, -0.05) is 22.8 Å². The third kappa shape index (κ3) is 5.11. The molecule has 1 aliphatic heterocycles. The van der Waals surface area contributed by atoms with Crippen molar-refractivity contribution in [2.75, 3.05) is 13.7 Å². The zero-order valence-electron chi connectivity index (χ0n) is 14.8. The lowest BCUT2D eigenvalue weighted by molar-refractivity contribution is -0.131. The van der Waals surface area contributed by atoms with E-state index in [0.29, 0.717) is 35.0 Å². The Morgan fingerprint density at radius 3 is 2.89 bits per heavy atom. The molecule has 0 aliphatic carbocycles. The van der Waals surface area contributed by atoms with Crippen molar-refractivity contribution in [2.45, 2.75) is 25.6 Å². The Kier molecular flexibility index (Phi) is 6.69. The van der Waals surface area contributed by atoms with Crippen LogP contribution in [0.4, 0.5) is 8.78 Å². The van der Waals surface area contributed by atoms with Crippen molar-refractivity contribution in [3.05, 3.63) is 45.1 Å². The number of alkyl halides is 2. The number of carbonyl (C=O) groups is 1. The van der Waals surface area contributed by atoms with Crippen LogP contribution < -0.4 is 14.8 Å². The van der Waals surface area contributed by atoms with Crippen LogP contribution in [-0.4, -0.2) is 38.0 Å². The van der Waals surface area contributed by atoms with E-state index in [2.05, 4.69) is 15.2 Å². The summed E-state index contributed by atoms with van der Waals surface area (Å²) < 4.78 is 35.1. The quantitative estimate of drug-likeness (QED) is 0.690. The van der Waals surface area contributed by atoms with Crippen LogP contribution in [0.3, 0.4) is 0 Å². The average molecular weight is 431 g/mol. The molecule has 0 spiro atoms. The highest BCUT2D eigenvalue weighted by atomic mass is 35.5. The lowest BCUT2D eigenvalue weighted by Crippen LogP contribution is -2.35. The molecule has 1 aliphatic rings. The number of nitrogens with one attached hydrogen (secondary N) is 1. The molecule has 0 saturated carbocycles. The van der Waals surface area contributed by atoms with Gasteiger partial charge < -0.3 is 19.6 Å². The van der Waals surface area contributed by atoms with E-state index in [-0.39, 0.29) is 17.4 Å². The Balaban J connectivity index is 1.49. The first-order valence-corrected chi connectivity index (χ1v) is 9.53. The predicted octanol–water partition coefficient (Wildman–Crippen LogP) is 3.86. The number of hydrogen-bond donors (Lipinski definition) is 1. The molecule has 0 bridgehead atoms. The van der Waals surface area contributed by atoms with Gasteiger partial charge in [0.05, 0.1) is 16.3 Å². The van der Waals surface area contributed by atoms with Gasteiger partial charge >= 0.3 is 6.61 Å².